The molecule has 8 aromatic carbocycles. The van der Waals surface area contributed by atoms with Crippen molar-refractivity contribution in [1.82, 2.24) is 9.13 Å². The van der Waals surface area contributed by atoms with Crippen LogP contribution in [-0.2, 0) is 18.5 Å². The van der Waals surface area contributed by atoms with Crippen molar-refractivity contribution >= 4 is 43.6 Å². The van der Waals surface area contributed by atoms with E-state index in [1.165, 1.54) is 12.1 Å². The number of aryl methyl sites for hydroxylation is 3. The molecule has 2 aromatic heterocycles. The second kappa shape index (κ2) is 15.4. The van der Waals surface area contributed by atoms with Gasteiger partial charge in [0.25, 0.3) is 0 Å². The molecule has 3 nitrogen and oxygen atoms in total. The van der Waals surface area contributed by atoms with E-state index in [1.807, 2.05) is 59.2 Å². The fourth-order valence-electron chi connectivity index (χ4n) is 9.47. The van der Waals surface area contributed by atoms with Gasteiger partial charge in [-0.1, -0.05) is 90.5 Å². The van der Waals surface area contributed by atoms with Gasteiger partial charge in [-0.25, -0.2) is 0 Å². The van der Waals surface area contributed by atoms with Crippen molar-refractivity contribution in [2.75, 3.05) is 0 Å². The van der Waals surface area contributed by atoms with Crippen LogP contribution >= 0.6 is 0 Å². The first-order valence-electron chi connectivity index (χ1n) is 21.0. The number of para-hydroxylation sites is 2. The Morgan fingerprint density at radius 3 is 1.52 bits per heavy atom. The second-order valence-corrected chi connectivity index (χ2v) is 16.8. The topological polar surface area (TPSA) is 33.6 Å². The van der Waals surface area contributed by atoms with Gasteiger partial charge >= 0.3 is 18.5 Å². The molecule has 2 heterocycles. The maximum Gasteiger partial charge on any atom is 0.417 e. The fourth-order valence-corrected chi connectivity index (χ4v) is 9.47. The Labute approximate surface area is 377 Å². The highest BCUT2D eigenvalue weighted by Gasteiger charge is 2.35. The van der Waals surface area contributed by atoms with Gasteiger partial charge < -0.3 is 9.13 Å². The highest BCUT2D eigenvalue weighted by atomic mass is 19.4. The van der Waals surface area contributed by atoms with Crippen LogP contribution < -0.4 is 0 Å². The van der Waals surface area contributed by atoms with Crippen LogP contribution in [0.5, 0.6) is 0 Å². The maximum absolute atomic E-state index is 14.7. The van der Waals surface area contributed by atoms with E-state index < -0.39 is 35.2 Å². The van der Waals surface area contributed by atoms with Gasteiger partial charge in [0.1, 0.15) is 6.07 Å². The summed E-state index contributed by atoms with van der Waals surface area (Å²) < 4.78 is 132. The first-order valence-corrected chi connectivity index (χ1v) is 21.0. The Bertz CT molecular complexity index is 3710. The molecule has 0 amide bonds. The largest absolute Gasteiger partial charge is 0.417 e. The van der Waals surface area contributed by atoms with Crippen molar-refractivity contribution < 1.29 is 39.5 Å². The molecule has 10 rings (SSSR count). The van der Waals surface area contributed by atoms with Crippen LogP contribution in [0.3, 0.4) is 0 Å². The van der Waals surface area contributed by atoms with E-state index in [4.69, 9.17) is 0 Å². The van der Waals surface area contributed by atoms with E-state index in [2.05, 4.69) is 6.07 Å². The molecule has 0 aliphatic carbocycles. The van der Waals surface area contributed by atoms with Gasteiger partial charge in [-0.3, -0.25) is 0 Å². The fraction of sp³-hybridized carbons (Fsp3) is 0.109. The SMILES string of the molecule is Cc1cc(-c2cc(-n3c4ccccc4c4ccc(-c5ccc(C(F)(F)F)cc5C)cc43)c(C#N)cc2-n2c3ccccc3c3ccc(-c4ccc(C)cc4C(F)(F)F)cc32)cc(C(F)(F)F)c1. The zero-order valence-corrected chi connectivity index (χ0v) is 35.7. The lowest BCUT2D eigenvalue weighted by Crippen LogP contribution is -2.08. The summed E-state index contributed by atoms with van der Waals surface area (Å²) in [6.45, 7) is 4.72. The van der Waals surface area contributed by atoms with Crippen molar-refractivity contribution in [1.29, 1.82) is 5.26 Å². The van der Waals surface area contributed by atoms with Crippen LogP contribution in [0.1, 0.15) is 38.9 Å². The zero-order valence-electron chi connectivity index (χ0n) is 35.7. The lowest BCUT2D eigenvalue weighted by molar-refractivity contribution is -0.138. The number of alkyl halides is 9. The summed E-state index contributed by atoms with van der Waals surface area (Å²) in [5, 5.41) is 14.0. The molecule has 0 bridgehead atoms. The third-order valence-corrected chi connectivity index (χ3v) is 12.4. The maximum atomic E-state index is 14.7. The highest BCUT2D eigenvalue weighted by molar-refractivity contribution is 6.12. The first kappa shape index (κ1) is 43.1. The summed E-state index contributed by atoms with van der Waals surface area (Å²) in [5.41, 5.74) is 3.33. The standard InChI is InChI=1S/C55H34F9N3/c1-30-12-16-40(46(22-30)55(62,63)64)34-14-18-44-42-9-5-7-11-48(42)67(51(44)26-34)52-27-36(29-65)49(28-45(52)35-20-31(2)21-38(24-35)54(59,60)61)66-47-10-6-4-8-41(47)43-17-13-33(25-50(43)66)39-19-15-37(23-32(39)3)53(56,57)58/h4-28H,1-3H3. The molecule has 10 aromatic rings. The number of hydrogen-bond donors (Lipinski definition) is 0. The molecule has 0 unspecified atom stereocenters. The minimum absolute atomic E-state index is 0.0594. The van der Waals surface area contributed by atoms with Crippen molar-refractivity contribution in [3.05, 3.63) is 191 Å². The van der Waals surface area contributed by atoms with Gasteiger partial charge in [0, 0.05) is 27.1 Å². The second-order valence-electron chi connectivity index (χ2n) is 16.8. The summed E-state index contributed by atoms with van der Waals surface area (Å²) >= 11 is 0. The van der Waals surface area contributed by atoms with Gasteiger partial charge in [0.2, 0.25) is 0 Å². The molecule has 67 heavy (non-hydrogen) atoms. The lowest BCUT2D eigenvalue weighted by atomic mass is 9.95. The third kappa shape index (κ3) is 7.35. The van der Waals surface area contributed by atoms with Gasteiger partial charge in [-0.15, -0.1) is 0 Å². The Balaban J connectivity index is 1.30. The Morgan fingerprint density at radius 2 is 0.955 bits per heavy atom. The molecule has 0 radical (unpaired) electrons. The summed E-state index contributed by atoms with van der Waals surface area (Å²) in [7, 11) is 0. The van der Waals surface area contributed by atoms with Crippen LogP contribution in [-0.4, -0.2) is 9.13 Å². The van der Waals surface area contributed by atoms with Gasteiger partial charge in [-0.05, 0) is 126 Å². The molecule has 0 saturated carbocycles. The van der Waals surface area contributed by atoms with Crippen LogP contribution in [0.4, 0.5) is 39.5 Å². The molecule has 0 saturated heterocycles. The van der Waals surface area contributed by atoms with Gasteiger partial charge in [-0.2, -0.15) is 44.8 Å². The number of halogens is 9. The third-order valence-electron chi connectivity index (χ3n) is 12.4. The average molecular weight is 908 g/mol. The molecule has 0 aliphatic heterocycles. The van der Waals surface area contributed by atoms with Gasteiger partial charge in [0.05, 0.1) is 55.7 Å². The monoisotopic (exact) mass is 907 g/mol. The molecule has 332 valence electrons. The Kier molecular flexibility index (Phi) is 9.92. The predicted octanol–water partition coefficient (Wildman–Crippen LogP) is 16.7. The van der Waals surface area contributed by atoms with Crippen molar-refractivity contribution in [2.24, 2.45) is 0 Å². The molecular weight excluding hydrogens is 874 g/mol. The smallest absolute Gasteiger partial charge is 0.309 e. The number of fused-ring (bicyclic) bond motifs is 6. The van der Waals surface area contributed by atoms with Crippen LogP contribution in [0.2, 0.25) is 0 Å². The van der Waals surface area contributed by atoms with Crippen LogP contribution in [0, 0.1) is 32.1 Å². The van der Waals surface area contributed by atoms with Crippen molar-refractivity contribution in [3.63, 3.8) is 0 Å². The van der Waals surface area contributed by atoms with Crippen molar-refractivity contribution in [3.8, 4) is 50.8 Å². The van der Waals surface area contributed by atoms with Crippen LogP contribution in [0.15, 0.2) is 152 Å². The Hall–Kier alpha value is -7.78. The average Bonchev–Trinajstić information content (AvgIpc) is 3.79. The van der Waals surface area contributed by atoms with E-state index >= 15 is 0 Å². The minimum atomic E-state index is -4.73. The number of hydrogen-bond acceptors (Lipinski definition) is 1. The summed E-state index contributed by atoms with van der Waals surface area (Å²) in [4.78, 5) is 0. The molecular formula is C55H34F9N3. The van der Waals surface area contributed by atoms with E-state index in [-0.39, 0.29) is 27.8 Å². The zero-order chi connectivity index (χ0) is 47.3. The number of benzene rings is 8. The lowest BCUT2D eigenvalue weighted by Gasteiger charge is -2.20. The van der Waals surface area contributed by atoms with Crippen molar-refractivity contribution in [2.45, 2.75) is 39.3 Å². The summed E-state index contributed by atoms with van der Waals surface area (Å²) in [5.74, 6) is 0. The summed E-state index contributed by atoms with van der Waals surface area (Å²) in [6, 6.07) is 42.0. The van der Waals surface area contributed by atoms with E-state index in [0.29, 0.717) is 72.0 Å². The molecule has 0 fully saturated rings. The van der Waals surface area contributed by atoms with E-state index in [1.54, 1.807) is 79.9 Å². The van der Waals surface area contributed by atoms with E-state index in [0.717, 1.165) is 41.1 Å². The number of aromatic nitrogens is 2. The molecule has 12 heteroatoms. The van der Waals surface area contributed by atoms with Crippen LogP contribution in [0.25, 0.3) is 88.4 Å². The highest BCUT2D eigenvalue weighted by Crippen LogP contribution is 2.45. The first-order chi connectivity index (χ1) is 31.8. The number of nitrogens with zero attached hydrogens (tertiary/aromatic N) is 3. The normalized spacial score (nSPS) is 12.5. The summed E-state index contributed by atoms with van der Waals surface area (Å²) in [6.07, 6.45) is -14.0. The minimum Gasteiger partial charge on any atom is -0.309 e. The molecule has 0 atom stereocenters. The number of nitriles is 1. The molecule has 0 aliphatic rings. The number of rotatable bonds is 5. The Morgan fingerprint density at radius 1 is 0.403 bits per heavy atom. The predicted molar refractivity (Wildman–Crippen MR) is 245 cm³/mol. The van der Waals surface area contributed by atoms with Gasteiger partial charge in [0.15, 0.2) is 0 Å². The molecule has 0 spiro atoms. The molecule has 0 N–H and O–H groups in total. The quantitative estimate of drug-likeness (QED) is 0.158. The van der Waals surface area contributed by atoms with E-state index in [9.17, 15) is 44.8 Å².